The van der Waals surface area contributed by atoms with Gasteiger partial charge in [0.25, 0.3) is 0 Å². The van der Waals surface area contributed by atoms with Gasteiger partial charge >= 0.3 is 5.97 Å². The summed E-state index contributed by atoms with van der Waals surface area (Å²) in [4.78, 5) is 25.0. The quantitative estimate of drug-likeness (QED) is 0.868. The summed E-state index contributed by atoms with van der Waals surface area (Å²) in [6.45, 7) is 2.51. The standard InChI is InChI=1S/C15H21ClN2O4/c1-10-12(15(16)22-17-10)6-7-13(19)18-9-3-2-4-11(18)5-8-14(20)21/h11H,2-9H2,1H3,(H,20,21). The lowest BCUT2D eigenvalue weighted by molar-refractivity contribution is -0.140. The van der Waals surface area contributed by atoms with Crippen molar-refractivity contribution in [1.82, 2.24) is 10.1 Å². The summed E-state index contributed by atoms with van der Waals surface area (Å²) in [5.74, 6) is -0.767. The van der Waals surface area contributed by atoms with Gasteiger partial charge in [0.15, 0.2) is 0 Å². The summed E-state index contributed by atoms with van der Waals surface area (Å²) in [5.41, 5.74) is 1.48. The van der Waals surface area contributed by atoms with Crippen LogP contribution < -0.4 is 0 Å². The summed E-state index contributed by atoms with van der Waals surface area (Å²) in [6, 6.07) is 0.0383. The Morgan fingerprint density at radius 1 is 1.41 bits per heavy atom. The van der Waals surface area contributed by atoms with Gasteiger partial charge in [0.05, 0.1) is 5.69 Å². The molecule has 0 aromatic carbocycles. The number of likely N-dealkylation sites (tertiary alicyclic amines) is 1. The Hall–Kier alpha value is -1.56. The van der Waals surface area contributed by atoms with Crippen molar-refractivity contribution in [2.24, 2.45) is 0 Å². The second-order valence-electron chi connectivity index (χ2n) is 5.69. The molecule has 1 aromatic heterocycles. The zero-order valence-corrected chi connectivity index (χ0v) is 13.4. The van der Waals surface area contributed by atoms with E-state index in [2.05, 4.69) is 5.16 Å². The average Bonchev–Trinajstić information content (AvgIpc) is 2.82. The summed E-state index contributed by atoms with van der Waals surface area (Å²) in [7, 11) is 0. The van der Waals surface area contributed by atoms with E-state index in [1.54, 1.807) is 6.92 Å². The van der Waals surface area contributed by atoms with Gasteiger partial charge in [0, 0.05) is 31.0 Å². The van der Waals surface area contributed by atoms with E-state index in [-0.39, 0.29) is 23.6 Å². The lowest BCUT2D eigenvalue weighted by atomic mass is 9.97. The molecule has 0 aliphatic carbocycles. The smallest absolute Gasteiger partial charge is 0.303 e. The number of halogens is 1. The van der Waals surface area contributed by atoms with E-state index >= 15 is 0 Å². The Bertz CT molecular complexity index is 524. The predicted molar refractivity (Wildman–Crippen MR) is 80.8 cm³/mol. The first-order chi connectivity index (χ1) is 10.5. The maximum atomic E-state index is 12.5. The number of aliphatic carboxylic acids is 1. The highest BCUT2D eigenvalue weighted by molar-refractivity contribution is 6.29. The van der Waals surface area contributed by atoms with Crippen LogP contribution in [0.15, 0.2) is 4.52 Å². The van der Waals surface area contributed by atoms with Crippen LogP contribution in [0.5, 0.6) is 0 Å². The minimum Gasteiger partial charge on any atom is -0.481 e. The van der Waals surface area contributed by atoms with Crippen LogP contribution in [0.25, 0.3) is 0 Å². The first-order valence-corrected chi connectivity index (χ1v) is 7.98. The van der Waals surface area contributed by atoms with E-state index in [1.807, 2.05) is 4.90 Å². The fourth-order valence-electron chi connectivity index (χ4n) is 2.93. The second-order valence-corrected chi connectivity index (χ2v) is 6.03. The number of amides is 1. The van der Waals surface area contributed by atoms with Crippen LogP contribution >= 0.6 is 11.6 Å². The molecule has 1 amide bonds. The highest BCUT2D eigenvalue weighted by Crippen LogP contribution is 2.24. The van der Waals surface area contributed by atoms with Crippen molar-refractivity contribution in [3.8, 4) is 0 Å². The molecule has 122 valence electrons. The molecular formula is C15H21ClN2O4. The molecule has 1 atom stereocenters. The van der Waals surface area contributed by atoms with Gasteiger partial charge in [-0.15, -0.1) is 0 Å². The number of rotatable bonds is 6. The molecule has 2 rings (SSSR count). The molecule has 1 fully saturated rings. The molecular weight excluding hydrogens is 308 g/mol. The normalized spacial score (nSPS) is 18.5. The molecule has 0 spiro atoms. The minimum atomic E-state index is -0.815. The van der Waals surface area contributed by atoms with E-state index in [0.29, 0.717) is 31.5 Å². The third-order valence-corrected chi connectivity index (χ3v) is 4.46. The number of piperidine rings is 1. The summed E-state index contributed by atoms with van der Waals surface area (Å²) in [5, 5.41) is 12.8. The molecule has 0 saturated carbocycles. The summed E-state index contributed by atoms with van der Waals surface area (Å²) >= 11 is 5.91. The molecule has 1 aliphatic rings. The van der Waals surface area contributed by atoms with E-state index in [1.165, 1.54) is 0 Å². The number of aromatic nitrogens is 1. The molecule has 1 N–H and O–H groups in total. The second kappa shape index (κ2) is 7.63. The Labute approximate surface area is 134 Å². The highest BCUT2D eigenvalue weighted by atomic mass is 35.5. The van der Waals surface area contributed by atoms with Crippen molar-refractivity contribution in [3.05, 3.63) is 16.5 Å². The van der Waals surface area contributed by atoms with Crippen LogP contribution in [0.4, 0.5) is 0 Å². The lowest BCUT2D eigenvalue weighted by Crippen LogP contribution is -2.44. The third-order valence-electron chi connectivity index (χ3n) is 4.16. The van der Waals surface area contributed by atoms with Crippen LogP contribution in [0, 0.1) is 6.92 Å². The highest BCUT2D eigenvalue weighted by Gasteiger charge is 2.27. The molecule has 1 saturated heterocycles. The number of carbonyl (C=O) groups is 2. The largest absolute Gasteiger partial charge is 0.481 e. The molecule has 22 heavy (non-hydrogen) atoms. The van der Waals surface area contributed by atoms with Crippen molar-refractivity contribution in [3.63, 3.8) is 0 Å². The van der Waals surface area contributed by atoms with Crippen LogP contribution in [0.2, 0.25) is 5.22 Å². The minimum absolute atomic E-state index is 0.0383. The van der Waals surface area contributed by atoms with Gasteiger partial charge < -0.3 is 14.5 Å². The predicted octanol–water partition coefficient (Wildman–Crippen LogP) is 2.81. The molecule has 1 unspecified atom stereocenters. The molecule has 1 aromatic rings. The molecule has 7 heteroatoms. The van der Waals surface area contributed by atoms with Gasteiger partial charge in [-0.2, -0.15) is 0 Å². The van der Waals surface area contributed by atoms with Crippen LogP contribution in [0.1, 0.15) is 49.8 Å². The molecule has 0 radical (unpaired) electrons. The van der Waals surface area contributed by atoms with Gasteiger partial charge in [-0.1, -0.05) is 5.16 Å². The fraction of sp³-hybridized carbons (Fsp3) is 0.667. The monoisotopic (exact) mass is 328 g/mol. The zero-order chi connectivity index (χ0) is 16.1. The van der Waals surface area contributed by atoms with E-state index < -0.39 is 5.97 Å². The van der Waals surface area contributed by atoms with Crippen molar-refractivity contribution in [2.75, 3.05) is 6.54 Å². The Kier molecular flexibility index (Phi) is 5.83. The average molecular weight is 329 g/mol. The molecule has 2 heterocycles. The van der Waals surface area contributed by atoms with Gasteiger partial charge in [-0.25, -0.2) is 0 Å². The Morgan fingerprint density at radius 3 is 2.82 bits per heavy atom. The lowest BCUT2D eigenvalue weighted by Gasteiger charge is -2.35. The molecule has 6 nitrogen and oxygen atoms in total. The Morgan fingerprint density at radius 2 is 2.18 bits per heavy atom. The van der Waals surface area contributed by atoms with Gasteiger partial charge in [-0.05, 0) is 50.6 Å². The number of hydrogen-bond acceptors (Lipinski definition) is 4. The van der Waals surface area contributed by atoms with Gasteiger partial charge in [0.1, 0.15) is 0 Å². The fourth-order valence-corrected chi connectivity index (χ4v) is 3.20. The molecule has 1 aliphatic heterocycles. The van der Waals surface area contributed by atoms with Gasteiger partial charge in [-0.3, -0.25) is 9.59 Å². The van der Waals surface area contributed by atoms with Crippen molar-refractivity contribution in [2.45, 2.75) is 57.9 Å². The summed E-state index contributed by atoms with van der Waals surface area (Å²) in [6.07, 6.45) is 4.36. The van der Waals surface area contributed by atoms with E-state index in [9.17, 15) is 9.59 Å². The van der Waals surface area contributed by atoms with Crippen LogP contribution in [-0.4, -0.2) is 39.6 Å². The van der Waals surface area contributed by atoms with E-state index in [4.69, 9.17) is 21.2 Å². The van der Waals surface area contributed by atoms with Gasteiger partial charge in [0.2, 0.25) is 11.1 Å². The number of carboxylic acids is 1. The number of nitrogens with zero attached hydrogens (tertiary/aromatic N) is 2. The first kappa shape index (κ1) is 16.8. The topological polar surface area (TPSA) is 83.6 Å². The number of carboxylic acid groups (broad SMARTS) is 1. The third kappa shape index (κ3) is 4.22. The maximum absolute atomic E-state index is 12.5. The first-order valence-electron chi connectivity index (χ1n) is 7.61. The molecule has 0 bridgehead atoms. The SMILES string of the molecule is Cc1noc(Cl)c1CCC(=O)N1CCCCC1CCC(=O)O. The zero-order valence-electron chi connectivity index (χ0n) is 12.7. The number of hydrogen-bond donors (Lipinski definition) is 1. The number of carbonyl (C=O) groups excluding carboxylic acids is 1. The summed E-state index contributed by atoms with van der Waals surface area (Å²) < 4.78 is 4.88. The van der Waals surface area contributed by atoms with Crippen molar-refractivity contribution < 1.29 is 19.2 Å². The van der Waals surface area contributed by atoms with E-state index in [0.717, 1.165) is 24.8 Å². The van der Waals surface area contributed by atoms with Crippen LogP contribution in [-0.2, 0) is 16.0 Å². The number of aryl methyl sites for hydroxylation is 1. The van der Waals surface area contributed by atoms with Crippen molar-refractivity contribution >= 4 is 23.5 Å². The maximum Gasteiger partial charge on any atom is 0.303 e. The van der Waals surface area contributed by atoms with Crippen molar-refractivity contribution in [1.29, 1.82) is 0 Å². The Balaban J connectivity index is 1.92. The van der Waals surface area contributed by atoms with Crippen LogP contribution in [0.3, 0.4) is 0 Å².